The molecule has 0 radical (unpaired) electrons. The fraction of sp³-hybridized carbons (Fsp3) is 0.381. The third kappa shape index (κ3) is 5.42. The Kier molecular flexibility index (Phi) is 7.58. The van der Waals surface area contributed by atoms with E-state index < -0.39 is 6.43 Å². The van der Waals surface area contributed by atoms with Crippen LogP contribution in [-0.4, -0.2) is 12.5 Å². The Balaban J connectivity index is 2.32. The van der Waals surface area contributed by atoms with Gasteiger partial charge in [0.2, 0.25) is 5.91 Å². The highest BCUT2D eigenvalue weighted by molar-refractivity contribution is 5.91. The fourth-order valence-electron chi connectivity index (χ4n) is 2.63. The third-order valence-electron chi connectivity index (χ3n) is 4.12. The summed E-state index contributed by atoms with van der Waals surface area (Å²) >= 11 is 0. The molecule has 0 saturated carbocycles. The molecule has 27 heavy (non-hydrogen) atoms. The molecule has 0 aliphatic heterocycles. The van der Waals surface area contributed by atoms with Gasteiger partial charge in [-0.3, -0.25) is 4.79 Å². The fourth-order valence-corrected chi connectivity index (χ4v) is 2.63. The van der Waals surface area contributed by atoms with Gasteiger partial charge in [-0.1, -0.05) is 26.0 Å². The lowest BCUT2D eigenvalue weighted by atomic mass is 10.1. The molecule has 0 aliphatic rings. The minimum atomic E-state index is -2.63. The largest absolute Gasteiger partial charge is 0.493 e. The maximum Gasteiger partial charge on any atom is 0.267 e. The Bertz CT molecular complexity index is 778. The number of benzene rings is 2. The van der Waals surface area contributed by atoms with E-state index in [-0.39, 0.29) is 23.8 Å². The van der Waals surface area contributed by atoms with Crippen LogP contribution in [0.15, 0.2) is 36.4 Å². The zero-order chi connectivity index (χ0) is 19.8. The third-order valence-corrected chi connectivity index (χ3v) is 4.12. The van der Waals surface area contributed by atoms with E-state index in [9.17, 15) is 13.6 Å². The van der Waals surface area contributed by atoms with E-state index in [0.29, 0.717) is 36.4 Å². The summed E-state index contributed by atoms with van der Waals surface area (Å²) in [6.07, 6.45) is -1.64. The molecule has 2 rings (SSSR count). The monoisotopic (exact) mass is 377 g/mol. The van der Waals surface area contributed by atoms with E-state index in [1.807, 2.05) is 13.8 Å². The molecule has 2 aromatic rings. The molecule has 0 fully saturated rings. The second-order valence-corrected chi connectivity index (χ2v) is 5.93. The molecule has 6 heteroatoms. The average Bonchev–Trinajstić information content (AvgIpc) is 2.67. The second kappa shape index (κ2) is 9.90. The smallest absolute Gasteiger partial charge is 0.267 e. The predicted octanol–water partition coefficient (Wildman–Crippen LogP) is 5.51. The summed E-state index contributed by atoms with van der Waals surface area (Å²) in [5.74, 6) is 0.530. The normalized spacial score (nSPS) is 10.7. The molecule has 0 heterocycles. The number of halogens is 2. The molecule has 0 spiro atoms. The number of amides is 1. The van der Waals surface area contributed by atoms with Gasteiger partial charge in [-0.25, -0.2) is 8.78 Å². The molecule has 2 aromatic carbocycles. The van der Waals surface area contributed by atoms with Crippen LogP contribution in [0.5, 0.6) is 11.5 Å². The SMILES string of the molecule is CCOc1cccc(NC(=O)CC)c1COc1ccc(CC)cc1C(F)F. The summed E-state index contributed by atoms with van der Waals surface area (Å²) in [5, 5.41) is 2.80. The van der Waals surface area contributed by atoms with Crippen LogP contribution < -0.4 is 14.8 Å². The number of rotatable bonds is 9. The number of hydrogen-bond acceptors (Lipinski definition) is 3. The number of carbonyl (C=O) groups excluding carboxylic acids is 1. The summed E-state index contributed by atoms with van der Waals surface area (Å²) in [7, 11) is 0. The lowest BCUT2D eigenvalue weighted by molar-refractivity contribution is -0.115. The van der Waals surface area contributed by atoms with Crippen molar-refractivity contribution in [2.75, 3.05) is 11.9 Å². The van der Waals surface area contributed by atoms with E-state index in [0.717, 1.165) is 5.56 Å². The minimum absolute atomic E-state index is 0.000687. The number of ether oxygens (including phenoxy) is 2. The quantitative estimate of drug-likeness (QED) is 0.626. The van der Waals surface area contributed by atoms with Gasteiger partial charge in [-0.2, -0.15) is 0 Å². The van der Waals surface area contributed by atoms with E-state index in [1.165, 1.54) is 6.07 Å². The number of nitrogens with one attached hydrogen (secondary N) is 1. The molecule has 146 valence electrons. The number of anilines is 1. The van der Waals surface area contributed by atoms with Crippen molar-refractivity contribution in [1.82, 2.24) is 0 Å². The summed E-state index contributed by atoms with van der Waals surface area (Å²) in [6.45, 7) is 5.95. The first-order chi connectivity index (χ1) is 13.0. The van der Waals surface area contributed by atoms with Crippen molar-refractivity contribution in [2.45, 2.75) is 46.6 Å². The van der Waals surface area contributed by atoms with Crippen LogP contribution >= 0.6 is 0 Å². The van der Waals surface area contributed by atoms with Crippen molar-refractivity contribution in [3.63, 3.8) is 0 Å². The van der Waals surface area contributed by atoms with Crippen LogP contribution in [0.3, 0.4) is 0 Å². The van der Waals surface area contributed by atoms with Crippen molar-refractivity contribution in [2.24, 2.45) is 0 Å². The summed E-state index contributed by atoms with van der Waals surface area (Å²) in [4.78, 5) is 11.8. The number of alkyl halides is 2. The van der Waals surface area contributed by atoms with E-state index in [4.69, 9.17) is 9.47 Å². The highest BCUT2D eigenvalue weighted by Gasteiger charge is 2.17. The molecule has 0 unspecified atom stereocenters. The Labute approximate surface area is 158 Å². The molecule has 1 N–H and O–H groups in total. The van der Waals surface area contributed by atoms with E-state index >= 15 is 0 Å². The van der Waals surface area contributed by atoms with Gasteiger partial charge in [0.15, 0.2) is 0 Å². The lowest BCUT2D eigenvalue weighted by Crippen LogP contribution is -2.13. The first-order valence-corrected chi connectivity index (χ1v) is 9.08. The Hall–Kier alpha value is -2.63. The summed E-state index contributed by atoms with van der Waals surface area (Å²) in [6, 6.07) is 10.1. The van der Waals surface area contributed by atoms with Gasteiger partial charge in [-0.15, -0.1) is 0 Å². The minimum Gasteiger partial charge on any atom is -0.493 e. The summed E-state index contributed by atoms with van der Waals surface area (Å²) < 4.78 is 38.1. The Morgan fingerprint density at radius 1 is 1.07 bits per heavy atom. The molecular formula is C21H25F2NO3. The van der Waals surface area contributed by atoms with Crippen LogP contribution in [0.2, 0.25) is 0 Å². The van der Waals surface area contributed by atoms with E-state index in [1.54, 1.807) is 37.3 Å². The molecule has 0 atom stereocenters. The van der Waals surface area contributed by atoms with Gasteiger partial charge in [0.1, 0.15) is 18.1 Å². The Morgan fingerprint density at radius 3 is 2.48 bits per heavy atom. The molecule has 0 bridgehead atoms. The van der Waals surface area contributed by atoms with Crippen LogP contribution in [0.4, 0.5) is 14.5 Å². The maximum absolute atomic E-state index is 13.4. The molecule has 4 nitrogen and oxygen atoms in total. The molecule has 0 saturated heterocycles. The standard InChI is InChI=1S/C21H25F2NO3/c1-4-14-10-11-19(15(12-14)21(22)23)27-13-16-17(24-20(25)5-2)8-7-9-18(16)26-6-3/h7-12,21H,4-6,13H2,1-3H3,(H,24,25). The topological polar surface area (TPSA) is 47.6 Å². The zero-order valence-electron chi connectivity index (χ0n) is 15.9. The molecular weight excluding hydrogens is 352 g/mol. The number of carbonyl (C=O) groups is 1. The van der Waals surface area contributed by atoms with Crippen LogP contribution in [0, 0.1) is 0 Å². The first-order valence-electron chi connectivity index (χ1n) is 9.08. The molecule has 0 aliphatic carbocycles. The van der Waals surface area contributed by atoms with Gasteiger partial charge in [-0.05, 0) is 43.2 Å². The summed E-state index contributed by atoms with van der Waals surface area (Å²) in [5.41, 5.74) is 1.85. The van der Waals surface area contributed by atoms with E-state index in [2.05, 4.69) is 5.32 Å². The van der Waals surface area contributed by atoms with Crippen molar-refractivity contribution < 1.29 is 23.0 Å². The lowest BCUT2D eigenvalue weighted by Gasteiger charge is -2.18. The van der Waals surface area contributed by atoms with Gasteiger partial charge >= 0.3 is 0 Å². The van der Waals surface area contributed by atoms with Crippen LogP contribution in [0.25, 0.3) is 0 Å². The van der Waals surface area contributed by atoms with Gasteiger partial charge in [0.05, 0.1) is 23.4 Å². The van der Waals surface area contributed by atoms with Gasteiger partial charge in [0.25, 0.3) is 6.43 Å². The molecule has 0 aromatic heterocycles. The highest BCUT2D eigenvalue weighted by atomic mass is 19.3. The highest BCUT2D eigenvalue weighted by Crippen LogP contribution is 2.33. The van der Waals surface area contributed by atoms with Gasteiger partial charge in [0, 0.05) is 6.42 Å². The Morgan fingerprint density at radius 2 is 1.85 bits per heavy atom. The zero-order valence-corrected chi connectivity index (χ0v) is 15.9. The van der Waals surface area contributed by atoms with Crippen molar-refractivity contribution >= 4 is 11.6 Å². The first kappa shape index (κ1) is 20.7. The van der Waals surface area contributed by atoms with Crippen LogP contribution in [-0.2, 0) is 17.8 Å². The van der Waals surface area contributed by atoms with Crippen molar-refractivity contribution in [3.8, 4) is 11.5 Å². The number of hydrogen-bond donors (Lipinski definition) is 1. The predicted molar refractivity (Wildman–Crippen MR) is 102 cm³/mol. The van der Waals surface area contributed by atoms with Gasteiger partial charge < -0.3 is 14.8 Å². The number of aryl methyl sites for hydroxylation is 1. The second-order valence-electron chi connectivity index (χ2n) is 5.93. The van der Waals surface area contributed by atoms with Crippen molar-refractivity contribution in [1.29, 1.82) is 0 Å². The van der Waals surface area contributed by atoms with Crippen molar-refractivity contribution in [3.05, 3.63) is 53.1 Å². The molecule has 1 amide bonds. The average molecular weight is 377 g/mol. The van der Waals surface area contributed by atoms with Crippen LogP contribution in [0.1, 0.15) is 50.3 Å². The maximum atomic E-state index is 13.4.